The van der Waals surface area contributed by atoms with Gasteiger partial charge in [0.1, 0.15) is 5.76 Å². The molecule has 2 N–H and O–H groups in total. The van der Waals surface area contributed by atoms with Crippen molar-refractivity contribution in [2.45, 2.75) is 19.5 Å². The van der Waals surface area contributed by atoms with Crippen molar-refractivity contribution in [2.75, 3.05) is 7.05 Å². The van der Waals surface area contributed by atoms with E-state index in [9.17, 15) is 4.79 Å². The number of likely N-dealkylation sites (N-methyl/N-ethyl adjacent to an activating group) is 1. The van der Waals surface area contributed by atoms with E-state index in [2.05, 4.69) is 31.9 Å². The molecule has 0 fully saturated rings. The van der Waals surface area contributed by atoms with Crippen LogP contribution in [0.25, 0.3) is 0 Å². The molecule has 0 radical (unpaired) electrons. The maximum Gasteiger partial charge on any atom is 0.239 e. The van der Waals surface area contributed by atoms with Gasteiger partial charge < -0.3 is 15.1 Å². The number of halogens is 2. The number of amides is 1. The molecule has 1 atom stereocenters. The monoisotopic (exact) mass is 338 g/mol. The zero-order valence-corrected chi connectivity index (χ0v) is 11.6. The molecule has 1 heterocycles. The molecule has 6 heteroatoms. The summed E-state index contributed by atoms with van der Waals surface area (Å²) in [5, 5.41) is 0. The summed E-state index contributed by atoms with van der Waals surface area (Å²) in [6.45, 7) is 2.07. The van der Waals surface area contributed by atoms with Crippen LogP contribution < -0.4 is 5.73 Å². The first kappa shape index (κ1) is 12.7. The fraction of sp³-hybridized carbons (Fsp3) is 0.444. The summed E-state index contributed by atoms with van der Waals surface area (Å²) in [7, 11) is 1.69. The van der Waals surface area contributed by atoms with Gasteiger partial charge >= 0.3 is 0 Å². The van der Waals surface area contributed by atoms with E-state index in [1.54, 1.807) is 14.0 Å². The first-order valence-electron chi connectivity index (χ1n) is 4.36. The lowest BCUT2D eigenvalue weighted by Crippen LogP contribution is -2.39. The van der Waals surface area contributed by atoms with Crippen LogP contribution in [0.1, 0.15) is 12.7 Å². The molecule has 0 saturated carbocycles. The molecule has 0 unspecified atom stereocenters. The van der Waals surface area contributed by atoms with Crippen LogP contribution in [-0.4, -0.2) is 23.9 Å². The maximum absolute atomic E-state index is 11.5. The van der Waals surface area contributed by atoms with Crippen molar-refractivity contribution in [2.24, 2.45) is 5.73 Å². The Morgan fingerprint density at radius 3 is 2.67 bits per heavy atom. The van der Waals surface area contributed by atoms with Crippen molar-refractivity contribution in [3.63, 3.8) is 0 Å². The molecule has 0 aliphatic rings. The van der Waals surface area contributed by atoms with Crippen molar-refractivity contribution < 1.29 is 9.21 Å². The SMILES string of the molecule is C[C@H](N)C(=O)N(C)Cc1cc(Br)c(Br)o1. The molecule has 1 aromatic rings. The topological polar surface area (TPSA) is 59.5 Å². The van der Waals surface area contributed by atoms with Gasteiger partial charge in [0, 0.05) is 7.05 Å². The Hall–Kier alpha value is -0.330. The number of hydrogen-bond donors (Lipinski definition) is 1. The number of nitrogens with two attached hydrogens (primary N) is 1. The summed E-state index contributed by atoms with van der Waals surface area (Å²) < 4.78 is 6.81. The second kappa shape index (κ2) is 5.14. The molecule has 1 aromatic heterocycles. The Balaban J connectivity index is 2.66. The molecule has 1 amide bonds. The third kappa shape index (κ3) is 3.32. The largest absolute Gasteiger partial charge is 0.451 e. The van der Waals surface area contributed by atoms with Gasteiger partial charge in [-0.2, -0.15) is 0 Å². The van der Waals surface area contributed by atoms with E-state index in [-0.39, 0.29) is 5.91 Å². The molecular weight excluding hydrogens is 328 g/mol. The summed E-state index contributed by atoms with van der Waals surface area (Å²) in [5.74, 6) is 0.587. The Kier molecular flexibility index (Phi) is 4.36. The number of carbonyl (C=O) groups excluding carboxylic acids is 1. The lowest BCUT2D eigenvalue weighted by Gasteiger charge is -2.17. The fourth-order valence-corrected chi connectivity index (χ4v) is 1.79. The van der Waals surface area contributed by atoms with Crippen LogP contribution in [0.4, 0.5) is 0 Å². The Labute approximate surface area is 105 Å². The molecule has 0 spiro atoms. The zero-order valence-electron chi connectivity index (χ0n) is 8.46. The predicted molar refractivity (Wildman–Crippen MR) is 64.2 cm³/mol. The van der Waals surface area contributed by atoms with E-state index in [0.29, 0.717) is 17.0 Å². The van der Waals surface area contributed by atoms with Gasteiger partial charge in [-0.1, -0.05) is 0 Å². The van der Waals surface area contributed by atoms with Gasteiger partial charge in [-0.3, -0.25) is 4.79 Å². The highest BCUT2D eigenvalue weighted by Crippen LogP contribution is 2.27. The van der Waals surface area contributed by atoms with Crippen LogP contribution in [-0.2, 0) is 11.3 Å². The molecule has 1 rings (SSSR count). The molecule has 0 aliphatic heterocycles. The van der Waals surface area contributed by atoms with Gasteiger partial charge in [0.15, 0.2) is 4.67 Å². The van der Waals surface area contributed by atoms with E-state index >= 15 is 0 Å². The highest BCUT2D eigenvalue weighted by Gasteiger charge is 2.15. The van der Waals surface area contributed by atoms with Gasteiger partial charge in [0.2, 0.25) is 5.91 Å². The fourth-order valence-electron chi connectivity index (χ4n) is 1.13. The molecule has 0 saturated heterocycles. The van der Waals surface area contributed by atoms with Crippen LogP contribution in [0.15, 0.2) is 19.6 Å². The minimum absolute atomic E-state index is 0.112. The minimum atomic E-state index is -0.489. The Morgan fingerprint density at radius 2 is 2.27 bits per heavy atom. The molecule has 84 valence electrons. The summed E-state index contributed by atoms with van der Waals surface area (Å²) in [4.78, 5) is 13.0. The van der Waals surface area contributed by atoms with Gasteiger partial charge in [0.25, 0.3) is 0 Å². The minimum Gasteiger partial charge on any atom is -0.451 e. The highest BCUT2D eigenvalue weighted by molar-refractivity contribution is 9.13. The van der Waals surface area contributed by atoms with E-state index in [0.717, 1.165) is 4.47 Å². The van der Waals surface area contributed by atoms with Crippen molar-refractivity contribution in [3.05, 3.63) is 21.0 Å². The highest BCUT2D eigenvalue weighted by atomic mass is 79.9. The van der Waals surface area contributed by atoms with E-state index < -0.39 is 6.04 Å². The second-order valence-corrected chi connectivity index (χ2v) is 4.89. The van der Waals surface area contributed by atoms with Crippen LogP contribution in [0, 0.1) is 0 Å². The lowest BCUT2D eigenvalue weighted by atomic mass is 10.3. The lowest BCUT2D eigenvalue weighted by molar-refractivity contribution is -0.131. The van der Waals surface area contributed by atoms with Gasteiger partial charge in [-0.05, 0) is 44.8 Å². The van der Waals surface area contributed by atoms with Gasteiger partial charge in [-0.15, -0.1) is 0 Å². The quantitative estimate of drug-likeness (QED) is 0.917. The van der Waals surface area contributed by atoms with Crippen LogP contribution in [0.5, 0.6) is 0 Å². The summed E-state index contributed by atoms with van der Waals surface area (Å²) in [6.07, 6.45) is 0. The van der Waals surface area contributed by atoms with Crippen molar-refractivity contribution in [1.82, 2.24) is 4.90 Å². The number of furan rings is 1. The van der Waals surface area contributed by atoms with Crippen LogP contribution in [0.2, 0.25) is 0 Å². The van der Waals surface area contributed by atoms with Crippen molar-refractivity contribution in [3.8, 4) is 0 Å². The average molecular weight is 340 g/mol. The predicted octanol–water partition coefficient (Wildman–Crippen LogP) is 2.11. The molecule has 4 nitrogen and oxygen atoms in total. The molecular formula is C9H12Br2N2O2. The summed E-state index contributed by atoms with van der Waals surface area (Å²) in [6, 6.07) is 1.33. The normalized spacial score (nSPS) is 12.6. The third-order valence-electron chi connectivity index (χ3n) is 1.85. The van der Waals surface area contributed by atoms with E-state index in [4.69, 9.17) is 10.2 Å². The molecule has 0 bridgehead atoms. The number of rotatable bonds is 3. The summed E-state index contributed by atoms with van der Waals surface area (Å²) >= 11 is 6.53. The number of hydrogen-bond acceptors (Lipinski definition) is 3. The molecule has 0 aliphatic carbocycles. The average Bonchev–Trinajstić information content (AvgIpc) is 2.44. The Morgan fingerprint density at radius 1 is 1.67 bits per heavy atom. The van der Waals surface area contributed by atoms with Crippen molar-refractivity contribution in [1.29, 1.82) is 0 Å². The zero-order chi connectivity index (χ0) is 11.6. The standard InChI is InChI=1S/C9H12Br2N2O2/c1-5(12)9(14)13(2)4-6-3-7(10)8(11)15-6/h3,5H,4,12H2,1-2H3/t5-/m0/s1. The summed E-state index contributed by atoms with van der Waals surface area (Å²) in [5.41, 5.74) is 5.49. The van der Waals surface area contributed by atoms with Crippen LogP contribution in [0.3, 0.4) is 0 Å². The molecule has 0 aromatic carbocycles. The van der Waals surface area contributed by atoms with E-state index in [1.165, 1.54) is 4.90 Å². The number of carbonyl (C=O) groups is 1. The number of nitrogens with zero attached hydrogens (tertiary/aromatic N) is 1. The van der Waals surface area contributed by atoms with E-state index in [1.807, 2.05) is 6.07 Å². The van der Waals surface area contributed by atoms with Crippen molar-refractivity contribution >= 4 is 37.8 Å². The first-order valence-corrected chi connectivity index (χ1v) is 5.94. The smallest absolute Gasteiger partial charge is 0.239 e. The maximum atomic E-state index is 11.5. The van der Waals surface area contributed by atoms with Gasteiger partial charge in [0.05, 0.1) is 17.1 Å². The van der Waals surface area contributed by atoms with Gasteiger partial charge in [-0.25, -0.2) is 0 Å². The first-order chi connectivity index (χ1) is 6.91. The Bertz CT molecular complexity index is 343. The molecule has 15 heavy (non-hydrogen) atoms. The second-order valence-electron chi connectivity index (χ2n) is 3.32. The van der Waals surface area contributed by atoms with Crippen LogP contribution >= 0.6 is 31.9 Å². The third-order valence-corrected chi connectivity index (χ3v) is 3.57.